The smallest absolute Gasteiger partial charge is 0.338 e. The van der Waals surface area contributed by atoms with Crippen LogP contribution in [0.15, 0.2) is 34.9 Å². The van der Waals surface area contributed by atoms with Crippen LogP contribution in [0.2, 0.25) is 0 Å². The first-order valence-corrected chi connectivity index (χ1v) is 5.80. The molecule has 7 heteroatoms. The molecule has 1 heterocycles. The zero-order chi connectivity index (χ0) is 14.5. The molecule has 0 unspecified atom stereocenters. The fourth-order valence-corrected chi connectivity index (χ4v) is 1.44. The van der Waals surface area contributed by atoms with Gasteiger partial charge in [-0.3, -0.25) is 4.79 Å². The Kier molecular flexibility index (Phi) is 3.99. The molecule has 2 rings (SSSR count). The topological polar surface area (TPSA) is 107 Å². The van der Waals surface area contributed by atoms with Crippen LogP contribution in [0.3, 0.4) is 0 Å². The van der Waals surface area contributed by atoms with Crippen LogP contribution in [0, 0.1) is 6.92 Å². The number of nitrogens with two attached hydrogens (primary N) is 1. The van der Waals surface area contributed by atoms with Crippen LogP contribution < -0.4 is 11.1 Å². The number of nitrogens with zero attached hydrogens (tertiary/aromatic N) is 1. The second-order valence-corrected chi connectivity index (χ2v) is 4.07. The highest BCUT2D eigenvalue weighted by Crippen LogP contribution is 2.08. The molecule has 104 valence electrons. The molecule has 0 spiro atoms. The lowest BCUT2D eigenvalue weighted by Gasteiger charge is -2.04. The number of nitrogen functional groups attached to an aromatic ring is 1. The molecule has 0 aliphatic heterocycles. The van der Waals surface area contributed by atoms with E-state index >= 15 is 0 Å². The Morgan fingerprint density at radius 2 is 2.05 bits per heavy atom. The fourth-order valence-electron chi connectivity index (χ4n) is 1.44. The number of carbonyl (C=O) groups is 2. The maximum absolute atomic E-state index is 11.6. The van der Waals surface area contributed by atoms with Crippen molar-refractivity contribution in [2.24, 2.45) is 0 Å². The predicted molar refractivity (Wildman–Crippen MR) is 71.0 cm³/mol. The van der Waals surface area contributed by atoms with E-state index in [1.165, 1.54) is 12.1 Å². The average molecular weight is 275 g/mol. The molecule has 0 saturated heterocycles. The summed E-state index contributed by atoms with van der Waals surface area (Å²) in [4.78, 5) is 23.2. The van der Waals surface area contributed by atoms with Gasteiger partial charge in [-0.1, -0.05) is 5.16 Å². The normalized spacial score (nSPS) is 10.1. The summed E-state index contributed by atoms with van der Waals surface area (Å²) in [6.07, 6.45) is 0. The maximum Gasteiger partial charge on any atom is 0.338 e. The molecule has 0 bridgehead atoms. The summed E-state index contributed by atoms with van der Waals surface area (Å²) in [5.41, 5.74) is 6.37. The van der Waals surface area contributed by atoms with Crippen molar-refractivity contribution < 1.29 is 18.8 Å². The number of esters is 1. The number of aromatic nitrogens is 1. The first-order valence-electron chi connectivity index (χ1n) is 5.80. The Morgan fingerprint density at radius 1 is 1.35 bits per heavy atom. The van der Waals surface area contributed by atoms with Crippen molar-refractivity contribution in [3.8, 4) is 0 Å². The van der Waals surface area contributed by atoms with Crippen molar-refractivity contribution in [1.29, 1.82) is 0 Å². The van der Waals surface area contributed by atoms with Crippen LogP contribution in [0.1, 0.15) is 16.1 Å². The van der Waals surface area contributed by atoms with E-state index in [1.54, 1.807) is 25.1 Å². The second kappa shape index (κ2) is 5.87. The van der Waals surface area contributed by atoms with Gasteiger partial charge in [-0.2, -0.15) is 0 Å². The molecule has 3 N–H and O–H groups in total. The quantitative estimate of drug-likeness (QED) is 0.644. The predicted octanol–water partition coefficient (Wildman–Crippen LogP) is 1.36. The van der Waals surface area contributed by atoms with Gasteiger partial charge in [0, 0.05) is 11.8 Å². The summed E-state index contributed by atoms with van der Waals surface area (Å²) in [5.74, 6) is -0.256. The number of aryl methyl sites for hydroxylation is 1. The number of ether oxygens (including phenoxy) is 1. The van der Waals surface area contributed by atoms with Gasteiger partial charge in [0.05, 0.1) is 5.56 Å². The highest BCUT2D eigenvalue weighted by molar-refractivity contribution is 5.95. The maximum atomic E-state index is 11.6. The average Bonchev–Trinajstić information content (AvgIpc) is 2.82. The Bertz CT molecular complexity index is 619. The summed E-state index contributed by atoms with van der Waals surface area (Å²) in [7, 11) is 0. The van der Waals surface area contributed by atoms with E-state index in [0.29, 0.717) is 17.0 Å². The molecule has 0 saturated carbocycles. The van der Waals surface area contributed by atoms with Crippen LogP contribution in [0.25, 0.3) is 0 Å². The van der Waals surface area contributed by atoms with Gasteiger partial charge in [-0.25, -0.2) is 4.79 Å². The van der Waals surface area contributed by atoms with E-state index in [0.717, 1.165) is 0 Å². The minimum atomic E-state index is -0.600. The number of carbonyl (C=O) groups excluding carboxylic acids is 2. The standard InChI is InChI=1S/C13H13N3O4/c1-8-6-11(16-20-8)15-12(17)7-19-13(18)9-2-4-10(14)5-3-9/h2-6H,7,14H2,1H3,(H,15,16,17). The lowest BCUT2D eigenvalue weighted by Crippen LogP contribution is -2.21. The Labute approximate surface area is 114 Å². The summed E-state index contributed by atoms with van der Waals surface area (Å²) >= 11 is 0. The molecular formula is C13H13N3O4. The van der Waals surface area contributed by atoms with Crippen molar-refractivity contribution in [2.45, 2.75) is 6.92 Å². The molecule has 20 heavy (non-hydrogen) atoms. The number of rotatable bonds is 4. The summed E-state index contributed by atoms with van der Waals surface area (Å²) in [6.45, 7) is 1.29. The minimum Gasteiger partial charge on any atom is -0.452 e. The molecule has 1 aromatic heterocycles. The number of anilines is 2. The van der Waals surface area contributed by atoms with Gasteiger partial charge in [0.2, 0.25) is 0 Å². The lowest BCUT2D eigenvalue weighted by molar-refractivity contribution is -0.119. The van der Waals surface area contributed by atoms with Crippen LogP contribution in [0.4, 0.5) is 11.5 Å². The van der Waals surface area contributed by atoms with Gasteiger partial charge >= 0.3 is 5.97 Å². The first kappa shape index (κ1) is 13.6. The molecule has 0 radical (unpaired) electrons. The van der Waals surface area contributed by atoms with E-state index < -0.39 is 18.5 Å². The summed E-state index contributed by atoms with van der Waals surface area (Å²) in [6, 6.07) is 7.76. The highest BCUT2D eigenvalue weighted by atomic mass is 16.5. The van der Waals surface area contributed by atoms with Crippen molar-refractivity contribution in [2.75, 3.05) is 17.7 Å². The zero-order valence-electron chi connectivity index (χ0n) is 10.8. The summed E-state index contributed by atoms with van der Waals surface area (Å²) < 4.78 is 9.65. The van der Waals surface area contributed by atoms with Crippen LogP contribution in [-0.4, -0.2) is 23.6 Å². The minimum absolute atomic E-state index is 0.274. The number of nitrogens with one attached hydrogen (secondary N) is 1. The number of hydrogen-bond acceptors (Lipinski definition) is 6. The van der Waals surface area contributed by atoms with Crippen LogP contribution >= 0.6 is 0 Å². The Morgan fingerprint density at radius 3 is 2.65 bits per heavy atom. The van der Waals surface area contributed by atoms with Gasteiger partial charge in [-0.05, 0) is 31.2 Å². The van der Waals surface area contributed by atoms with Gasteiger partial charge < -0.3 is 20.3 Å². The van der Waals surface area contributed by atoms with E-state index in [9.17, 15) is 9.59 Å². The highest BCUT2D eigenvalue weighted by Gasteiger charge is 2.11. The monoisotopic (exact) mass is 275 g/mol. The second-order valence-electron chi connectivity index (χ2n) is 4.07. The third-order valence-corrected chi connectivity index (χ3v) is 2.38. The van der Waals surface area contributed by atoms with E-state index in [1.807, 2.05) is 0 Å². The number of hydrogen-bond donors (Lipinski definition) is 2. The van der Waals surface area contributed by atoms with Gasteiger partial charge in [0.15, 0.2) is 12.4 Å². The number of amides is 1. The summed E-state index contributed by atoms with van der Waals surface area (Å²) in [5, 5.41) is 6.03. The van der Waals surface area contributed by atoms with Crippen molar-refractivity contribution in [3.63, 3.8) is 0 Å². The molecule has 1 aromatic carbocycles. The largest absolute Gasteiger partial charge is 0.452 e. The molecular weight excluding hydrogens is 262 g/mol. The molecule has 2 aromatic rings. The van der Waals surface area contributed by atoms with E-state index in [4.69, 9.17) is 15.0 Å². The van der Waals surface area contributed by atoms with Crippen molar-refractivity contribution in [1.82, 2.24) is 5.16 Å². The van der Waals surface area contributed by atoms with Crippen molar-refractivity contribution in [3.05, 3.63) is 41.7 Å². The fraction of sp³-hybridized carbons (Fsp3) is 0.154. The zero-order valence-corrected chi connectivity index (χ0v) is 10.8. The molecule has 0 aliphatic rings. The molecule has 0 fully saturated rings. The molecule has 1 amide bonds. The first-order chi connectivity index (χ1) is 9.54. The third kappa shape index (κ3) is 3.58. The third-order valence-electron chi connectivity index (χ3n) is 2.38. The molecule has 0 atom stereocenters. The Hall–Kier alpha value is -2.83. The van der Waals surface area contributed by atoms with Crippen molar-refractivity contribution >= 4 is 23.4 Å². The van der Waals surface area contributed by atoms with Crippen LogP contribution in [0.5, 0.6) is 0 Å². The van der Waals surface area contributed by atoms with Gasteiger partial charge in [0.1, 0.15) is 5.76 Å². The van der Waals surface area contributed by atoms with E-state index in [2.05, 4.69) is 10.5 Å². The molecule has 7 nitrogen and oxygen atoms in total. The lowest BCUT2D eigenvalue weighted by atomic mass is 10.2. The van der Waals surface area contributed by atoms with Gasteiger partial charge in [0.25, 0.3) is 5.91 Å². The van der Waals surface area contributed by atoms with Gasteiger partial charge in [-0.15, -0.1) is 0 Å². The molecule has 0 aliphatic carbocycles. The Balaban J connectivity index is 1.84. The van der Waals surface area contributed by atoms with E-state index in [-0.39, 0.29) is 5.82 Å². The SMILES string of the molecule is Cc1cc(NC(=O)COC(=O)c2ccc(N)cc2)no1. The van der Waals surface area contributed by atoms with Crippen LogP contribution in [-0.2, 0) is 9.53 Å². The number of benzene rings is 1.